The topological polar surface area (TPSA) is 69.6 Å². The van der Waals surface area contributed by atoms with Gasteiger partial charge in [-0.2, -0.15) is 0 Å². The molecule has 0 amide bonds. The highest BCUT2D eigenvalue weighted by atomic mass is 15.4. The molecule has 0 bridgehead atoms. The summed E-state index contributed by atoms with van der Waals surface area (Å²) in [4.78, 5) is 4.01. The van der Waals surface area contributed by atoms with Gasteiger partial charge in [-0.15, -0.1) is 5.10 Å². The van der Waals surface area contributed by atoms with Crippen LogP contribution < -0.4 is 5.73 Å². The van der Waals surface area contributed by atoms with Crippen molar-refractivity contribution in [2.75, 3.05) is 0 Å². The molecule has 0 fully saturated rings. The maximum absolute atomic E-state index is 5.78. The molecule has 2 heterocycles. The van der Waals surface area contributed by atoms with E-state index >= 15 is 0 Å². The fraction of sp³-hybridized carbons (Fsp3) is 0.222. The summed E-state index contributed by atoms with van der Waals surface area (Å²) in [6.07, 6.45) is 5.10. The van der Waals surface area contributed by atoms with Gasteiger partial charge in [0, 0.05) is 12.2 Å². The molecule has 2 aromatic heterocycles. The lowest BCUT2D eigenvalue weighted by molar-refractivity contribution is 0.695. The first-order chi connectivity index (χ1) is 6.79. The van der Waals surface area contributed by atoms with Crippen molar-refractivity contribution < 1.29 is 0 Å². The molecule has 0 spiro atoms. The Kier molecular flexibility index (Phi) is 2.24. The van der Waals surface area contributed by atoms with Gasteiger partial charge in [-0.25, -0.2) is 4.68 Å². The van der Waals surface area contributed by atoms with Gasteiger partial charge >= 0.3 is 0 Å². The lowest BCUT2D eigenvalue weighted by Crippen LogP contribution is -2.12. The molecule has 0 saturated heterocycles. The minimum atomic E-state index is -0.0924. The van der Waals surface area contributed by atoms with Crippen molar-refractivity contribution in [2.45, 2.75) is 13.0 Å². The summed E-state index contributed by atoms with van der Waals surface area (Å²) in [6.45, 7) is 1.89. The first-order valence-electron chi connectivity index (χ1n) is 4.35. The summed E-state index contributed by atoms with van der Waals surface area (Å²) < 4.78 is 1.69. The SMILES string of the molecule is CC(N)c1cnnn1-c1cccnc1. The summed E-state index contributed by atoms with van der Waals surface area (Å²) >= 11 is 0. The van der Waals surface area contributed by atoms with Crippen LogP contribution in [0.3, 0.4) is 0 Å². The van der Waals surface area contributed by atoms with Crippen LogP contribution in [0.25, 0.3) is 5.69 Å². The van der Waals surface area contributed by atoms with E-state index in [1.807, 2.05) is 19.1 Å². The van der Waals surface area contributed by atoms with Crippen molar-refractivity contribution in [3.63, 3.8) is 0 Å². The molecule has 2 N–H and O–H groups in total. The normalized spacial score (nSPS) is 12.7. The van der Waals surface area contributed by atoms with Gasteiger partial charge in [0.05, 0.1) is 23.8 Å². The molecule has 0 aliphatic carbocycles. The maximum Gasteiger partial charge on any atom is 0.0850 e. The summed E-state index contributed by atoms with van der Waals surface area (Å²) in [7, 11) is 0. The lowest BCUT2D eigenvalue weighted by atomic mass is 10.2. The van der Waals surface area contributed by atoms with Gasteiger partial charge in [-0.05, 0) is 19.1 Å². The van der Waals surface area contributed by atoms with E-state index in [2.05, 4.69) is 15.3 Å². The van der Waals surface area contributed by atoms with E-state index in [1.165, 1.54) is 0 Å². The highest BCUT2D eigenvalue weighted by molar-refractivity contribution is 5.28. The zero-order valence-electron chi connectivity index (χ0n) is 7.83. The van der Waals surface area contributed by atoms with Gasteiger partial charge in [0.15, 0.2) is 0 Å². The van der Waals surface area contributed by atoms with E-state index < -0.39 is 0 Å². The molecular formula is C9H11N5. The van der Waals surface area contributed by atoms with Crippen LogP contribution in [-0.2, 0) is 0 Å². The van der Waals surface area contributed by atoms with Crippen molar-refractivity contribution in [1.29, 1.82) is 0 Å². The van der Waals surface area contributed by atoms with E-state index in [9.17, 15) is 0 Å². The van der Waals surface area contributed by atoms with Gasteiger partial charge in [0.25, 0.3) is 0 Å². The Morgan fingerprint density at radius 1 is 1.43 bits per heavy atom. The van der Waals surface area contributed by atoms with E-state index in [4.69, 9.17) is 5.73 Å². The Bertz CT molecular complexity index is 406. The summed E-state index contributed by atoms with van der Waals surface area (Å²) in [6, 6.07) is 3.67. The minimum Gasteiger partial charge on any atom is -0.323 e. The first kappa shape index (κ1) is 8.83. The maximum atomic E-state index is 5.78. The van der Waals surface area contributed by atoms with Gasteiger partial charge in [-0.3, -0.25) is 4.98 Å². The molecule has 0 saturated carbocycles. The molecule has 14 heavy (non-hydrogen) atoms. The summed E-state index contributed by atoms with van der Waals surface area (Å²) in [5.41, 5.74) is 7.52. The molecule has 5 heteroatoms. The smallest absolute Gasteiger partial charge is 0.0850 e. The molecule has 1 atom stereocenters. The van der Waals surface area contributed by atoms with Gasteiger partial charge in [0.1, 0.15) is 0 Å². The molecule has 2 aromatic rings. The fourth-order valence-electron chi connectivity index (χ4n) is 1.23. The molecule has 2 rings (SSSR count). The standard InChI is InChI=1S/C9H11N5/c1-7(10)9-6-12-13-14(9)8-3-2-4-11-5-8/h2-7H,10H2,1H3. The van der Waals surface area contributed by atoms with Gasteiger partial charge in [0.2, 0.25) is 0 Å². The number of nitrogens with two attached hydrogens (primary N) is 1. The number of aromatic nitrogens is 4. The van der Waals surface area contributed by atoms with E-state index in [0.717, 1.165) is 11.4 Å². The Labute approximate surface area is 81.6 Å². The van der Waals surface area contributed by atoms with Crippen molar-refractivity contribution >= 4 is 0 Å². The number of nitrogens with zero attached hydrogens (tertiary/aromatic N) is 4. The third kappa shape index (κ3) is 1.49. The number of hydrogen-bond acceptors (Lipinski definition) is 4. The number of hydrogen-bond donors (Lipinski definition) is 1. The Balaban J connectivity index is 2.47. The average molecular weight is 189 g/mol. The molecule has 0 aliphatic heterocycles. The molecule has 5 nitrogen and oxygen atoms in total. The van der Waals surface area contributed by atoms with Gasteiger partial charge in [-0.1, -0.05) is 5.21 Å². The van der Waals surface area contributed by atoms with E-state index in [1.54, 1.807) is 23.3 Å². The third-order valence-corrected chi connectivity index (χ3v) is 1.93. The second-order valence-corrected chi connectivity index (χ2v) is 3.07. The molecule has 72 valence electrons. The summed E-state index contributed by atoms with van der Waals surface area (Å²) in [5.74, 6) is 0. The van der Waals surface area contributed by atoms with Crippen molar-refractivity contribution in [1.82, 2.24) is 20.0 Å². The highest BCUT2D eigenvalue weighted by Crippen LogP contribution is 2.12. The predicted octanol–water partition coefficient (Wildman–Crippen LogP) is 0.682. The van der Waals surface area contributed by atoms with Crippen LogP contribution in [0, 0.1) is 0 Å². The molecule has 0 aromatic carbocycles. The minimum absolute atomic E-state index is 0.0924. The highest BCUT2D eigenvalue weighted by Gasteiger charge is 2.09. The average Bonchev–Trinajstić information content (AvgIpc) is 2.67. The van der Waals surface area contributed by atoms with Crippen LogP contribution in [0.2, 0.25) is 0 Å². The number of pyridine rings is 1. The Morgan fingerprint density at radius 3 is 2.93 bits per heavy atom. The molecule has 0 radical (unpaired) electrons. The zero-order chi connectivity index (χ0) is 9.97. The molecular weight excluding hydrogens is 178 g/mol. The Morgan fingerprint density at radius 2 is 2.29 bits per heavy atom. The zero-order valence-corrected chi connectivity index (χ0v) is 7.83. The first-order valence-corrected chi connectivity index (χ1v) is 4.35. The van der Waals surface area contributed by atoms with Crippen LogP contribution in [0.5, 0.6) is 0 Å². The largest absolute Gasteiger partial charge is 0.323 e. The fourth-order valence-corrected chi connectivity index (χ4v) is 1.23. The second-order valence-electron chi connectivity index (χ2n) is 3.07. The molecule has 1 unspecified atom stereocenters. The Hall–Kier alpha value is -1.75. The second kappa shape index (κ2) is 3.55. The van der Waals surface area contributed by atoms with Crippen LogP contribution in [0.4, 0.5) is 0 Å². The molecule has 0 aliphatic rings. The van der Waals surface area contributed by atoms with Gasteiger partial charge < -0.3 is 5.73 Å². The quantitative estimate of drug-likeness (QED) is 0.754. The van der Waals surface area contributed by atoms with Crippen LogP contribution in [-0.4, -0.2) is 20.0 Å². The predicted molar refractivity (Wildman–Crippen MR) is 51.8 cm³/mol. The van der Waals surface area contributed by atoms with Crippen molar-refractivity contribution in [2.24, 2.45) is 5.73 Å². The monoisotopic (exact) mass is 189 g/mol. The summed E-state index contributed by atoms with van der Waals surface area (Å²) in [5, 5.41) is 7.78. The van der Waals surface area contributed by atoms with Crippen LogP contribution in [0.1, 0.15) is 18.7 Å². The van der Waals surface area contributed by atoms with E-state index in [0.29, 0.717) is 0 Å². The van der Waals surface area contributed by atoms with Crippen molar-refractivity contribution in [3.8, 4) is 5.69 Å². The van der Waals surface area contributed by atoms with Crippen molar-refractivity contribution in [3.05, 3.63) is 36.4 Å². The number of rotatable bonds is 2. The van der Waals surface area contributed by atoms with Crippen LogP contribution >= 0.6 is 0 Å². The lowest BCUT2D eigenvalue weighted by Gasteiger charge is -2.07. The van der Waals surface area contributed by atoms with Crippen LogP contribution in [0.15, 0.2) is 30.7 Å². The third-order valence-electron chi connectivity index (χ3n) is 1.93. The van der Waals surface area contributed by atoms with E-state index in [-0.39, 0.29) is 6.04 Å².